The first kappa shape index (κ1) is 12.4. The highest BCUT2D eigenvalue weighted by atomic mass is 32.2. The van der Waals surface area contributed by atoms with Crippen molar-refractivity contribution in [3.05, 3.63) is 0 Å². The van der Waals surface area contributed by atoms with Gasteiger partial charge in [0.1, 0.15) is 0 Å². The fourth-order valence-electron chi connectivity index (χ4n) is 2.16. The predicted molar refractivity (Wildman–Crippen MR) is 67.1 cm³/mol. The zero-order chi connectivity index (χ0) is 10.2. The van der Waals surface area contributed by atoms with Gasteiger partial charge in [-0.15, -0.1) is 0 Å². The second-order valence-electron chi connectivity index (χ2n) is 4.36. The zero-order valence-electron chi connectivity index (χ0n) is 9.80. The van der Waals surface area contributed by atoms with E-state index >= 15 is 0 Å². The average Bonchev–Trinajstić information content (AvgIpc) is 2.69. The lowest BCUT2D eigenvalue weighted by atomic mass is 10.1. The molecule has 1 rings (SSSR count). The lowest BCUT2D eigenvalue weighted by Crippen LogP contribution is -2.28. The topological polar surface area (TPSA) is 3.24 Å². The first-order valence-electron chi connectivity index (χ1n) is 6.12. The molecule has 1 saturated heterocycles. The van der Waals surface area contributed by atoms with Gasteiger partial charge in [-0.05, 0) is 38.6 Å². The lowest BCUT2D eigenvalue weighted by molar-refractivity contribution is 0.333. The number of unbranched alkanes of at least 4 members (excludes halogenated alkanes) is 2. The molecule has 1 fully saturated rings. The molecule has 1 heterocycles. The van der Waals surface area contributed by atoms with Crippen molar-refractivity contribution in [2.24, 2.45) is 0 Å². The second kappa shape index (κ2) is 7.58. The van der Waals surface area contributed by atoms with Gasteiger partial charge in [0.2, 0.25) is 0 Å². The summed E-state index contributed by atoms with van der Waals surface area (Å²) in [6.07, 6.45) is 10.7. The van der Waals surface area contributed by atoms with Crippen molar-refractivity contribution in [2.75, 3.05) is 25.9 Å². The van der Waals surface area contributed by atoms with Gasteiger partial charge in [-0.3, -0.25) is 0 Å². The molecule has 0 aromatic rings. The van der Waals surface area contributed by atoms with E-state index < -0.39 is 0 Å². The summed E-state index contributed by atoms with van der Waals surface area (Å²) in [7, 11) is 0. The molecular formula is C12H25NS. The molecule has 2 heteroatoms. The molecule has 0 bridgehead atoms. The maximum Gasteiger partial charge on any atom is 0.0172 e. The third kappa shape index (κ3) is 4.70. The normalized spacial score (nSPS) is 20.1. The molecule has 0 radical (unpaired) electrons. The number of hydrogen-bond donors (Lipinski definition) is 0. The Balaban J connectivity index is 2.10. The summed E-state index contributed by atoms with van der Waals surface area (Å²) >= 11 is 2.07. The van der Waals surface area contributed by atoms with Crippen LogP contribution in [0.1, 0.15) is 45.4 Å². The molecule has 0 N–H and O–H groups in total. The third-order valence-corrected chi connectivity index (χ3v) is 4.17. The maximum absolute atomic E-state index is 2.65. The highest BCUT2D eigenvalue weighted by Crippen LogP contribution is 2.18. The van der Waals surface area contributed by atoms with Crippen LogP contribution in [0.3, 0.4) is 0 Å². The minimum Gasteiger partial charge on any atom is -0.302 e. The smallest absolute Gasteiger partial charge is 0.0172 e. The van der Waals surface area contributed by atoms with Gasteiger partial charge in [-0.25, -0.2) is 0 Å². The fraction of sp³-hybridized carbons (Fsp3) is 1.00. The Bertz CT molecular complexity index is 132. The van der Waals surface area contributed by atoms with E-state index in [9.17, 15) is 0 Å². The van der Waals surface area contributed by atoms with Crippen LogP contribution in [0.25, 0.3) is 0 Å². The standard InChI is InChI=1S/C12H25NS/c1-3-4-5-8-12(14-2)11-13-9-6-7-10-13/h12H,3-11H2,1-2H3. The Labute approximate surface area is 93.6 Å². The molecule has 0 aromatic heterocycles. The van der Waals surface area contributed by atoms with Crippen molar-refractivity contribution in [1.29, 1.82) is 0 Å². The Morgan fingerprint density at radius 2 is 1.93 bits per heavy atom. The average molecular weight is 215 g/mol. The van der Waals surface area contributed by atoms with E-state index in [-0.39, 0.29) is 0 Å². The molecular weight excluding hydrogens is 190 g/mol. The van der Waals surface area contributed by atoms with E-state index in [0.717, 1.165) is 5.25 Å². The van der Waals surface area contributed by atoms with Crippen LogP contribution < -0.4 is 0 Å². The molecule has 1 aliphatic heterocycles. The van der Waals surface area contributed by atoms with Crippen LogP contribution in [-0.4, -0.2) is 36.0 Å². The molecule has 0 aliphatic carbocycles. The van der Waals surface area contributed by atoms with Gasteiger partial charge in [-0.2, -0.15) is 11.8 Å². The molecule has 0 spiro atoms. The summed E-state index contributed by atoms with van der Waals surface area (Å²) in [5.41, 5.74) is 0. The molecule has 1 atom stereocenters. The number of nitrogens with zero attached hydrogens (tertiary/aromatic N) is 1. The van der Waals surface area contributed by atoms with Crippen LogP contribution in [-0.2, 0) is 0 Å². The van der Waals surface area contributed by atoms with Gasteiger partial charge in [0, 0.05) is 11.8 Å². The van der Waals surface area contributed by atoms with Gasteiger partial charge in [0.25, 0.3) is 0 Å². The van der Waals surface area contributed by atoms with E-state index in [2.05, 4.69) is 29.8 Å². The van der Waals surface area contributed by atoms with Gasteiger partial charge < -0.3 is 4.90 Å². The van der Waals surface area contributed by atoms with E-state index in [4.69, 9.17) is 0 Å². The molecule has 1 nitrogen and oxygen atoms in total. The maximum atomic E-state index is 2.65. The first-order chi connectivity index (χ1) is 6.86. The van der Waals surface area contributed by atoms with E-state index in [0.29, 0.717) is 0 Å². The lowest BCUT2D eigenvalue weighted by Gasteiger charge is -2.21. The molecule has 0 saturated carbocycles. The van der Waals surface area contributed by atoms with Crippen LogP contribution in [0, 0.1) is 0 Å². The second-order valence-corrected chi connectivity index (χ2v) is 5.50. The van der Waals surface area contributed by atoms with Crippen molar-refractivity contribution >= 4 is 11.8 Å². The summed E-state index contributed by atoms with van der Waals surface area (Å²) in [6, 6.07) is 0. The Morgan fingerprint density at radius 3 is 2.50 bits per heavy atom. The van der Waals surface area contributed by atoms with Crippen molar-refractivity contribution < 1.29 is 0 Å². The van der Waals surface area contributed by atoms with Crippen LogP contribution in [0.5, 0.6) is 0 Å². The highest BCUT2D eigenvalue weighted by Gasteiger charge is 2.16. The summed E-state index contributed by atoms with van der Waals surface area (Å²) in [5.74, 6) is 0. The Hall–Kier alpha value is 0.310. The van der Waals surface area contributed by atoms with E-state index in [1.54, 1.807) is 0 Å². The van der Waals surface area contributed by atoms with E-state index in [1.165, 1.54) is 58.2 Å². The molecule has 0 aromatic carbocycles. The summed E-state index contributed by atoms with van der Waals surface area (Å²) in [5, 5.41) is 0.889. The van der Waals surface area contributed by atoms with E-state index in [1.807, 2.05) is 0 Å². The Morgan fingerprint density at radius 1 is 1.21 bits per heavy atom. The van der Waals surface area contributed by atoms with Crippen molar-refractivity contribution in [1.82, 2.24) is 4.90 Å². The quantitative estimate of drug-likeness (QED) is 0.599. The van der Waals surface area contributed by atoms with Crippen LogP contribution in [0.2, 0.25) is 0 Å². The minimum atomic E-state index is 0.889. The molecule has 84 valence electrons. The SMILES string of the molecule is CCCCCC(CN1CCCC1)SC. The van der Waals surface area contributed by atoms with Gasteiger partial charge in [0.05, 0.1) is 0 Å². The Kier molecular flexibility index (Phi) is 6.70. The predicted octanol–water partition coefficient (Wildman–Crippen LogP) is 3.39. The van der Waals surface area contributed by atoms with Crippen molar-refractivity contribution in [3.63, 3.8) is 0 Å². The summed E-state index contributed by atoms with van der Waals surface area (Å²) in [4.78, 5) is 2.65. The first-order valence-corrected chi connectivity index (χ1v) is 7.40. The number of rotatable bonds is 7. The molecule has 14 heavy (non-hydrogen) atoms. The zero-order valence-corrected chi connectivity index (χ0v) is 10.6. The molecule has 0 amide bonds. The summed E-state index contributed by atoms with van der Waals surface area (Å²) < 4.78 is 0. The van der Waals surface area contributed by atoms with Gasteiger partial charge >= 0.3 is 0 Å². The number of thioether (sulfide) groups is 1. The van der Waals surface area contributed by atoms with Gasteiger partial charge in [-0.1, -0.05) is 26.2 Å². The molecule has 1 unspecified atom stereocenters. The highest BCUT2D eigenvalue weighted by molar-refractivity contribution is 7.99. The van der Waals surface area contributed by atoms with Crippen molar-refractivity contribution in [3.8, 4) is 0 Å². The minimum absolute atomic E-state index is 0.889. The third-order valence-electron chi connectivity index (χ3n) is 3.12. The fourth-order valence-corrected chi connectivity index (χ4v) is 2.92. The summed E-state index contributed by atoms with van der Waals surface area (Å²) in [6.45, 7) is 6.33. The van der Waals surface area contributed by atoms with Gasteiger partial charge in [0.15, 0.2) is 0 Å². The molecule has 1 aliphatic rings. The largest absolute Gasteiger partial charge is 0.302 e. The monoisotopic (exact) mass is 215 g/mol. The van der Waals surface area contributed by atoms with Crippen molar-refractivity contribution in [2.45, 2.75) is 50.7 Å². The number of hydrogen-bond acceptors (Lipinski definition) is 2. The van der Waals surface area contributed by atoms with Crippen LogP contribution >= 0.6 is 11.8 Å². The van der Waals surface area contributed by atoms with Crippen LogP contribution in [0.4, 0.5) is 0 Å². The van der Waals surface area contributed by atoms with Crippen LogP contribution in [0.15, 0.2) is 0 Å². The number of likely N-dealkylation sites (tertiary alicyclic amines) is 1.